The number of aromatic nitrogens is 2. The van der Waals surface area contributed by atoms with Crippen molar-refractivity contribution in [2.24, 2.45) is 5.73 Å². The highest BCUT2D eigenvalue weighted by Gasteiger charge is 2.41. The second-order valence-electron chi connectivity index (χ2n) is 6.75. The van der Waals surface area contributed by atoms with Crippen LogP contribution in [0.5, 0.6) is 0 Å². The minimum absolute atomic E-state index is 0.0777. The molecule has 2 aliphatic rings. The van der Waals surface area contributed by atoms with Crippen LogP contribution in [-0.4, -0.2) is 22.6 Å². The van der Waals surface area contributed by atoms with Gasteiger partial charge >= 0.3 is 0 Å². The smallest absolute Gasteiger partial charge is 0.239 e. The number of benzene rings is 1. The molecule has 2 heterocycles. The summed E-state index contributed by atoms with van der Waals surface area (Å²) < 4.78 is 5.39. The molecule has 1 aromatic carbocycles. The van der Waals surface area contributed by atoms with Crippen molar-refractivity contribution in [3.8, 4) is 0 Å². The molecule has 1 unspecified atom stereocenters. The highest BCUT2D eigenvalue weighted by atomic mass is 35.5. The van der Waals surface area contributed by atoms with Gasteiger partial charge in [0, 0.05) is 12.2 Å². The summed E-state index contributed by atoms with van der Waals surface area (Å²) in [4.78, 5) is 18.9. The van der Waals surface area contributed by atoms with Gasteiger partial charge in [-0.1, -0.05) is 41.2 Å². The van der Waals surface area contributed by atoms with Gasteiger partial charge in [-0.05, 0) is 37.5 Å². The standard InChI is InChI=1S/C17H18Cl2N4O2/c18-12-4-3-10(9-13(12)19)23-8-5-11(15(23)24)14-21-16(22-25-14)17(20)6-1-2-7-17/h3-4,9,11H,1-2,5-8,20H2. The van der Waals surface area contributed by atoms with E-state index in [1.807, 2.05) is 0 Å². The zero-order valence-corrected chi connectivity index (χ0v) is 15.1. The van der Waals surface area contributed by atoms with E-state index in [1.54, 1.807) is 23.1 Å². The maximum Gasteiger partial charge on any atom is 0.239 e. The van der Waals surface area contributed by atoms with Crippen molar-refractivity contribution in [2.45, 2.75) is 43.6 Å². The molecule has 1 saturated heterocycles. The Bertz CT molecular complexity index is 817. The molecule has 4 rings (SSSR count). The minimum atomic E-state index is -0.521. The first-order chi connectivity index (χ1) is 12.0. The fraction of sp³-hybridized carbons (Fsp3) is 0.471. The third-order valence-electron chi connectivity index (χ3n) is 5.10. The number of halogens is 2. The molecule has 1 amide bonds. The van der Waals surface area contributed by atoms with Crippen molar-refractivity contribution in [1.82, 2.24) is 10.1 Å². The maximum atomic E-state index is 12.8. The van der Waals surface area contributed by atoms with E-state index in [9.17, 15) is 4.79 Å². The summed E-state index contributed by atoms with van der Waals surface area (Å²) in [6, 6.07) is 5.15. The quantitative estimate of drug-likeness (QED) is 0.878. The normalized spacial score (nSPS) is 22.8. The molecule has 8 heteroatoms. The van der Waals surface area contributed by atoms with Crippen molar-refractivity contribution in [3.05, 3.63) is 40.0 Å². The third kappa shape index (κ3) is 2.92. The number of rotatable bonds is 3. The second kappa shape index (κ2) is 6.27. The molecule has 2 aromatic rings. The molecule has 0 spiro atoms. The van der Waals surface area contributed by atoms with Gasteiger partial charge in [0.25, 0.3) is 0 Å². The molecule has 1 aliphatic heterocycles. The number of nitrogens with two attached hydrogens (primary N) is 1. The zero-order chi connectivity index (χ0) is 17.6. The molecule has 1 aliphatic carbocycles. The van der Waals surface area contributed by atoms with Crippen molar-refractivity contribution >= 4 is 34.8 Å². The Kier molecular flexibility index (Phi) is 4.22. The van der Waals surface area contributed by atoms with Crippen LogP contribution in [0.2, 0.25) is 10.0 Å². The molecule has 25 heavy (non-hydrogen) atoms. The number of carbonyl (C=O) groups is 1. The SMILES string of the molecule is NC1(c2noc(C3CCN(c4ccc(Cl)c(Cl)c4)C3=O)n2)CCCC1. The summed E-state index contributed by atoms with van der Waals surface area (Å²) >= 11 is 12.0. The lowest BCUT2D eigenvalue weighted by molar-refractivity contribution is -0.118. The summed E-state index contributed by atoms with van der Waals surface area (Å²) in [5.74, 6) is 0.340. The molecule has 0 bridgehead atoms. The van der Waals surface area contributed by atoms with Crippen LogP contribution in [0.4, 0.5) is 5.69 Å². The number of carbonyl (C=O) groups excluding carboxylic acids is 1. The summed E-state index contributed by atoms with van der Waals surface area (Å²) in [7, 11) is 0. The van der Waals surface area contributed by atoms with Gasteiger partial charge in [0.05, 0.1) is 15.6 Å². The van der Waals surface area contributed by atoms with Gasteiger partial charge in [-0.2, -0.15) is 4.98 Å². The van der Waals surface area contributed by atoms with Crippen molar-refractivity contribution in [3.63, 3.8) is 0 Å². The van der Waals surface area contributed by atoms with Crippen LogP contribution in [0, 0.1) is 0 Å². The number of hydrogen-bond acceptors (Lipinski definition) is 5. The molecule has 2 fully saturated rings. The van der Waals surface area contributed by atoms with Crippen LogP contribution >= 0.6 is 23.2 Å². The van der Waals surface area contributed by atoms with Crippen LogP contribution in [0.1, 0.15) is 49.7 Å². The van der Waals surface area contributed by atoms with Crippen LogP contribution in [0.25, 0.3) is 0 Å². The molecule has 1 atom stereocenters. The van der Waals surface area contributed by atoms with E-state index in [4.69, 9.17) is 33.5 Å². The largest absolute Gasteiger partial charge is 0.338 e. The van der Waals surface area contributed by atoms with Gasteiger partial charge < -0.3 is 15.2 Å². The van der Waals surface area contributed by atoms with Gasteiger partial charge in [-0.3, -0.25) is 4.79 Å². The fourth-order valence-corrected chi connectivity index (χ4v) is 3.92. The first-order valence-corrected chi connectivity index (χ1v) is 9.13. The van der Waals surface area contributed by atoms with Gasteiger partial charge in [-0.25, -0.2) is 0 Å². The monoisotopic (exact) mass is 380 g/mol. The predicted octanol–water partition coefficient (Wildman–Crippen LogP) is 3.62. The number of nitrogens with zero attached hydrogens (tertiary/aromatic N) is 3. The highest BCUT2D eigenvalue weighted by molar-refractivity contribution is 6.42. The van der Waals surface area contributed by atoms with E-state index in [0.29, 0.717) is 40.4 Å². The summed E-state index contributed by atoms with van der Waals surface area (Å²) in [5.41, 5.74) is 6.56. The summed E-state index contributed by atoms with van der Waals surface area (Å²) in [5, 5.41) is 4.93. The molecular weight excluding hydrogens is 363 g/mol. The van der Waals surface area contributed by atoms with E-state index < -0.39 is 11.5 Å². The molecule has 0 radical (unpaired) electrons. The molecular formula is C17H18Cl2N4O2. The van der Waals surface area contributed by atoms with Crippen molar-refractivity contribution in [1.29, 1.82) is 0 Å². The average molecular weight is 381 g/mol. The van der Waals surface area contributed by atoms with Crippen molar-refractivity contribution in [2.75, 3.05) is 11.4 Å². The first-order valence-electron chi connectivity index (χ1n) is 8.37. The minimum Gasteiger partial charge on any atom is -0.338 e. The second-order valence-corrected chi connectivity index (χ2v) is 7.56. The summed E-state index contributed by atoms with van der Waals surface area (Å²) in [6.07, 6.45) is 4.43. The van der Waals surface area contributed by atoms with Crippen molar-refractivity contribution < 1.29 is 9.32 Å². The Balaban J connectivity index is 1.56. The lowest BCUT2D eigenvalue weighted by atomic mass is 9.98. The van der Waals surface area contributed by atoms with Crippen LogP contribution < -0.4 is 10.6 Å². The number of hydrogen-bond donors (Lipinski definition) is 1. The van der Waals surface area contributed by atoms with E-state index in [-0.39, 0.29) is 5.91 Å². The number of anilines is 1. The average Bonchev–Trinajstić information content (AvgIpc) is 3.30. The van der Waals surface area contributed by atoms with Gasteiger partial charge in [-0.15, -0.1) is 0 Å². The summed E-state index contributed by atoms with van der Waals surface area (Å²) in [6.45, 7) is 0.562. The lowest BCUT2D eigenvalue weighted by Gasteiger charge is -2.18. The van der Waals surface area contributed by atoms with E-state index in [2.05, 4.69) is 10.1 Å². The zero-order valence-electron chi connectivity index (χ0n) is 13.5. The Morgan fingerprint density at radius 1 is 1.24 bits per heavy atom. The highest BCUT2D eigenvalue weighted by Crippen LogP contribution is 2.37. The topological polar surface area (TPSA) is 85.2 Å². The van der Waals surface area contributed by atoms with Gasteiger partial charge in [0.15, 0.2) is 5.82 Å². The van der Waals surface area contributed by atoms with E-state index in [0.717, 1.165) is 25.7 Å². The Morgan fingerprint density at radius 2 is 2.00 bits per heavy atom. The predicted molar refractivity (Wildman–Crippen MR) is 94.8 cm³/mol. The Morgan fingerprint density at radius 3 is 2.72 bits per heavy atom. The molecule has 132 valence electrons. The number of amides is 1. The van der Waals surface area contributed by atoms with Crippen LogP contribution in [0.3, 0.4) is 0 Å². The fourth-order valence-electron chi connectivity index (χ4n) is 3.63. The Labute approximate surface area is 155 Å². The van der Waals surface area contributed by atoms with Crippen LogP contribution in [0.15, 0.2) is 22.7 Å². The molecule has 1 saturated carbocycles. The molecule has 2 N–H and O–H groups in total. The third-order valence-corrected chi connectivity index (χ3v) is 5.84. The van der Waals surface area contributed by atoms with Gasteiger partial charge in [0.1, 0.15) is 5.92 Å². The lowest BCUT2D eigenvalue weighted by Crippen LogP contribution is -2.34. The molecule has 1 aromatic heterocycles. The maximum absolute atomic E-state index is 12.8. The van der Waals surface area contributed by atoms with E-state index >= 15 is 0 Å². The molecule has 6 nitrogen and oxygen atoms in total. The van der Waals surface area contributed by atoms with Gasteiger partial charge in [0.2, 0.25) is 11.8 Å². The van der Waals surface area contributed by atoms with E-state index in [1.165, 1.54) is 0 Å². The van der Waals surface area contributed by atoms with Crippen LogP contribution in [-0.2, 0) is 10.3 Å². The first kappa shape index (κ1) is 16.8. The Hall–Kier alpha value is -1.63.